The highest BCUT2D eigenvalue weighted by molar-refractivity contribution is 6.07. The highest BCUT2D eigenvalue weighted by Crippen LogP contribution is 2.20. The maximum atomic E-state index is 12.8. The molecule has 0 aromatic carbocycles. The molecule has 7 N–H and O–H groups in total. The van der Waals surface area contributed by atoms with Gasteiger partial charge in [-0.2, -0.15) is 18.3 Å². The third-order valence-corrected chi connectivity index (χ3v) is 5.32. The van der Waals surface area contributed by atoms with Crippen molar-refractivity contribution in [1.29, 1.82) is 0 Å². The van der Waals surface area contributed by atoms with Gasteiger partial charge in [0.05, 0.1) is 17.4 Å². The monoisotopic (exact) mass is 511 g/mol. The van der Waals surface area contributed by atoms with Crippen LogP contribution >= 0.6 is 0 Å². The molecule has 3 aromatic heterocycles. The number of fused-ring (bicyclic) bond motifs is 1. The maximum absolute atomic E-state index is 12.8. The van der Waals surface area contributed by atoms with E-state index in [9.17, 15) is 22.8 Å². The number of alkyl halides is 3. The summed E-state index contributed by atoms with van der Waals surface area (Å²) in [5, 5.41) is 21.5. The number of carbonyl (C=O) groups excluding carboxylic acids is 2. The first-order valence-corrected chi connectivity index (χ1v) is 10.7. The zero-order valence-electron chi connectivity index (χ0n) is 19.0. The van der Waals surface area contributed by atoms with E-state index in [1.54, 1.807) is 25.4 Å². The van der Waals surface area contributed by atoms with Crippen molar-refractivity contribution < 1.29 is 32.7 Å². The molecule has 13 nitrogen and oxygen atoms in total. The van der Waals surface area contributed by atoms with E-state index in [2.05, 4.69) is 25.8 Å². The molecule has 1 saturated carbocycles. The fraction of sp³-hybridized carbons (Fsp3) is 0.400. The molecule has 1 aliphatic carbocycles. The van der Waals surface area contributed by atoms with E-state index in [0.29, 0.717) is 11.5 Å². The molecule has 36 heavy (non-hydrogen) atoms. The van der Waals surface area contributed by atoms with Crippen molar-refractivity contribution in [3.63, 3.8) is 0 Å². The summed E-state index contributed by atoms with van der Waals surface area (Å²) in [5.41, 5.74) is 12.7. The number of aryl methyl sites for hydroxylation is 1. The van der Waals surface area contributed by atoms with Crippen LogP contribution in [0.1, 0.15) is 46.7 Å². The second-order valence-corrected chi connectivity index (χ2v) is 8.02. The molecule has 1 fully saturated rings. The van der Waals surface area contributed by atoms with Crippen LogP contribution in [0.15, 0.2) is 24.5 Å². The van der Waals surface area contributed by atoms with Crippen LogP contribution in [-0.2, 0) is 11.8 Å². The van der Waals surface area contributed by atoms with Crippen molar-refractivity contribution >= 4 is 34.9 Å². The van der Waals surface area contributed by atoms with Crippen LogP contribution in [-0.4, -0.2) is 65.5 Å². The molecule has 0 bridgehead atoms. The molecule has 0 aliphatic heterocycles. The molecular weight excluding hydrogens is 487 g/mol. The molecule has 3 aromatic rings. The first-order valence-electron chi connectivity index (χ1n) is 10.7. The van der Waals surface area contributed by atoms with Gasteiger partial charge < -0.3 is 27.2 Å². The average Bonchev–Trinajstić information content (AvgIpc) is 3.38. The fourth-order valence-corrected chi connectivity index (χ4v) is 3.59. The summed E-state index contributed by atoms with van der Waals surface area (Å²) in [5.74, 6) is -3.52. The molecule has 0 saturated heterocycles. The van der Waals surface area contributed by atoms with E-state index in [-0.39, 0.29) is 29.2 Å². The number of nitrogens with zero attached hydrogens (tertiary/aromatic N) is 5. The summed E-state index contributed by atoms with van der Waals surface area (Å²) in [6.45, 7) is 0. The van der Waals surface area contributed by atoms with Gasteiger partial charge in [0.25, 0.3) is 11.8 Å². The van der Waals surface area contributed by atoms with Gasteiger partial charge in [-0.1, -0.05) is 12.8 Å². The van der Waals surface area contributed by atoms with Gasteiger partial charge in [0.2, 0.25) is 5.95 Å². The number of rotatable bonds is 5. The van der Waals surface area contributed by atoms with Crippen molar-refractivity contribution in [2.45, 2.75) is 43.9 Å². The number of nitrogens with one attached hydrogen (secondary N) is 2. The smallest absolute Gasteiger partial charge is 0.475 e. The van der Waals surface area contributed by atoms with Crippen LogP contribution in [0.5, 0.6) is 0 Å². The largest absolute Gasteiger partial charge is 0.490 e. The van der Waals surface area contributed by atoms with Crippen LogP contribution < -0.4 is 22.1 Å². The van der Waals surface area contributed by atoms with E-state index in [4.69, 9.17) is 21.4 Å². The highest BCUT2D eigenvalue weighted by atomic mass is 19.4. The lowest BCUT2D eigenvalue weighted by Gasteiger charge is -2.29. The van der Waals surface area contributed by atoms with Crippen LogP contribution in [0.4, 0.5) is 24.8 Å². The molecule has 0 radical (unpaired) electrons. The van der Waals surface area contributed by atoms with Gasteiger partial charge in [-0.15, -0.1) is 5.10 Å². The lowest BCUT2D eigenvalue weighted by molar-refractivity contribution is -0.192. The van der Waals surface area contributed by atoms with Gasteiger partial charge in [0.1, 0.15) is 5.69 Å². The lowest BCUT2D eigenvalue weighted by atomic mass is 9.91. The summed E-state index contributed by atoms with van der Waals surface area (Å²) in [4.78, 5) is 37.6. The predicted octanol–water partition coefficient (Wildman–Crippen LogP) is 1.13. The molecule has 4 rings (SSSR count). The summed E-state index contributed by atoms with van der Waals surface area (Å²) >= 11 is 0. The zero-order chi connectivity index (χ0) is 26.6. The third kappa shape index (κ3) is 6.26. The Bertz CT molecular complexity index is 1270. The summed E-state index contributed by atoms with van der Waals surface area (Å²) in [7, 11) is 1.63. The highest BCUT2D eigenvalue weighted by Gasteiger charge is 2.38. The van der Waals surface area contributed by atoms with Crippen molar-refractivity contribution in [2.75, 3.05) is 10.6 Å². The number of carboxylic acid groups (broad SMARTS) is 1. The first kappa shape index (κ1) is 26.4. The van der Waals surface area contributed by atoms with E-state index in [0.717, 1.165) is 25.7 Å². The standard InChI is InChI=1S/C18H23N9O2.C2HF3O2/c1-26-9-13(15(24-26)16(20)28)22-17(29)14-7-6-10-8-21-18(25-27(10)14)23-12-5-3-2-4-11(12)19;3-2(4,5)1(6)7/h6-9,11-12H,2-5,19H2,1H3,(H2,20,28)(H,22,29)(H,23,25);(H,6,7)/t11-,12+;/m0./s1. The predicted molar refractivity (Wildman–Crippen MR) is 120 cm³/mol. The Morgan fingerprint density at radius 3 is 2.44 bits per heavy atom. The Labute approximate surface area is 201 Å². The van der Waals surface area contributed by atoms with Crippen molar-refractivity contribution in [3.8, 4) is 0 Å². The van der Waals surface area contributed by atoms with Crippen molar-refractivity contribution in [1.82, 2.24) is 24.4 Å². The number of hydrogen-bond donors (Lipinski definition) is 5. The molecule has 2 amide bonds. The second-order valence-electron chi connectivity index (χ2n) is 8.02. The molecule has 0 spiro atoms. The van der Waals surface area contributed by atoms with Crippen LogP contribution in [0.3, 0.4) is 0 Å². The van der Waals surface area contributed by atoms with Gasteiger partial charge in [-0.3, -0.25) is 14.3 Å². The SMILES string of the molecule is Cn1cc(NC(=O)c2ccc3cnc(N[C@@H]4CCCC[C@@H]4N)nn23)c(C(N)=O)n1.O=C(O)C(F)(F)F. The maximum Gasteiger partial charge on any atom is 0.490 e. The Hall–Kier alpha value is -4.21. The van der Waals surface area contributed by atoms with E-state index < -0.39 is 24.0 Å². The van der Waals surface area contributed by atoms with Crippen molar-refractivity contribution in [2.24, 2.45) is 18.5 Å². The molecule has 2 atom stereocenters. The lowest BCUT2D eigenvalue weighted by Crippen LogP contribution is -2.43. The minimum Gasteiger partial charge on any atom is -0.475 e. The minimum atomic E-state index is -5.08. The van der Waals surface area contributed by atoms with Crippen molar-refractivity contribution in [3.05, 3.63) is 35.9 Å². The number of aromatic nitrogens is 5. The quantitative estimate of drug-likeness (QED) is 0.333. The Balaban J connectivity index is 0.000000454. The number of amides is 2. The van der Waals surface area contributed by atoms with Crippen LogP contribution in [0, 0.1) is 0 Å². The summed E-state index contributed by atoms with van der Waals surface area (Å²) < 4.78 is 34.6. The number of carboxylic acids is 1. The molecule has 16 heteroatoms. The van der Waals surface area contributed by atoms with Gasteiger partial charge in [-0.25, -0.2) is 14.3 Å². The molecule has 3 heterocycles. The molecule has 194 valence electrons. The molecule has 1 aliphatic rings. The second kappa shape index (κ2) is 10.6. The summed E-state index contributed by atoms with van der Waals surface area (Å²) in [6, 6.07) is 3.52. The van der Waals surface area contributed by atoms with Gasteiger partial charge in [0.15, 0.2) is 5.69 Å². The van der Waals surface area contributed by atoms with Gasteiger partial charge in [0, 0.05) is 25.3 Å². The first-order chi connectivity index (χ1) is 16.9. The van der Waals surface area contributed by atoms with E-state index >= 15 is 0 Å². The number of anilines is 2. The number of primary amides is 1. The number of halogens is 3. The van der Waals surface area contributed by atoms with E-state index in [1.807, 2.05) is 0 Å². The average molecular weight is 511 g/mol. The minimum absolute atomic E-state index is 0.00928. The van der Waals surface area contributed by atoms with Gasteiger partial charge in [-0.05, 0) is 25.0 Å². The Kier molecular flexibility index (Phi) is 7.77. The number of nitrogens with two attached hydrogens (primary N) is 2. The topological polar surface area (TPSA) is 196 Å². The molecule has 0 unspecified atom stereocenters. The number of carbonyl (C=O) groups is 3. The Morgan fingerprint density at radius 2 is 1.83 bits per heavy atom. The fourth-order valence-electron chi connectivity index (χ4n) is 3.59. The molecular formula is C20H24F3N9O4. The van der Waals surface area contributed by atoms with Crippen LogP contribution in [0.2, 0.25) is 0 Å². The van der Waals surface area contributed by atoms with E-state index in [1.165, 1.54) is 15.4 Å². The number of hydrogen-bond acceptors (Lipinski definition) is 8. The van der Waals surface area contributed by atoms with Crippen LogP contribution in [0.25, 0.3) is 5.52 Å². The summed E-state index contributed by atoms with van der Waals surface area (Å²) in [6.07, 6.45) is 2.23. The van der Waals surface area contributed by atoms with Gasteiger partial charge >= 0.3 is 12.1 Å². The Morgan fingerprint density at radius 1 is 1.17 bits per heavy atom. The third-order valence-electron chi connectivity index (χ3n) is 5.32. The zero-order valence-corrected chi connectivity index (χ0v) is 19.0. The normalized spacial score (nSPS) is 17.7. The number of aliphatic carboxylic acids is 1.